The Balaban J connectivity index is 1.81. The first-order valence-corrected chi connectivity index (χ1v) is 7.12. The number of rotatable bonds is 6. The fourth-order valence-electron chi connectivity index (χ4n) is 2.57. The van der Waals surface area contributed by atoms with Gasteiger partial charge in [-0.15, -0.1) is 10.2 Å². The van der Waals surface area contributed by atoms with E-state index in [1.807, 2.05) is 20.9 Å². The van der Waals surface area contributed by atoms with Crippen LogP contribution in [0, 0.1) is 0 Å². The number of carbonyl (C=O) groups is 1. The first-order chi connectivity index (χ1) is 10.1. The standard InChI is InChI=1S/C13H23N5O3/c1-5-21-10-6-9(11(10)20-4)16-13(19)15-8(2)12-17-14-7-18(12)3/h7-11H,5-6H2,1-4H3,(H2,15,16,19). The number of aryl methyl sites for hydroxylation is 1. The maximum absolute atomic E-state index is 12.0. The molecule has 1 aliphatic rings. The summed E-state index contributed by atoms with van der Waals surface area (Å²) in [5.41, 5.74) is 0. The van der Waals surface area contributed by atoms with Gasteiger partial charge in [-0.1, -0.05) is 0 Å². The van der Waals surface area contributed by atoms with Crippen LogP contribution in [-0.2, 0) is 16.5 Å². The van der Waals surface area contributed by atoms with Gasteiger partial charge >= 0.3 is 6.03 Å². The van der Waals surface area contributed by atoms with Crippen LogP contribution in [0.1, 0.15) is 32.1 Å². The molecule has 0 aromatic carbocycles. The molecule has 1 aromatic heterocycles. The summed E-state index contributed by atoms with van der Waals surface area (Å²) in [6.45, 7) is 4.45. The van der Waals surface area contributed by atoms with Crippen LogP contribution < -0.4 is 10.6 Å². The zero-order valence-corrected chi connectivity index (χ0v) is 12.9. The lowest BCUT2D eigenvalue weighted by atomic mass is 9.85. The third-order valence-corrected chi connectivity index (χ3v) is 3.70. The number of ether oxygens (including phenoxy) is 2. The van der Waals surface area contributed by atoms with Crippen molar-refractivity contribution in [2.75, 3.05) is 13.7 Å². The minimum atomic E-state index is -0.243. The fourth-order valence-corrected chi connectivity index (χ4v) is 2.57. The summed E-state index contributed by atoms with van der Waals surface area (Å²) in [5.74, 6) is 0.703. The number of nitrogens with zero attached hydrogens (tertiary/aromatic N) is 3. The van der Waals surface area contributed by atoms with Gasteiger partial charge in [-0.2, -0.15) is 0 Å². The third-order valence-electron chi connectivity index (χ3n) is 3.70. The number of urea groups is 1. The van der Waals surface area contributed by atoms with Crippen LogP contribution in [-0.4, -0.2) is 52.8 Å². The minimum absolute atomic E-state index is 0.0294. The number of carbonyl (C=O) groups excluding carboxylic acids is 1. The van der Waals surface area contributed by atoms with E-state index >= 15 is 0 Å². The molecule has 2 amide bonds. The predicted octanol–water partition coefficient (Wildman–Crippen LogP) is 0.368. The van der Waals surface area contributed by atoms with Gasteiger partial charge in [-0.05, 0) is 20.3 Å². The van der Waals surface area contributed by atoms with Crippen LogP contribution in [0.2, 0.25) is 0 Å². The number of hydrogen-bond acceptors (Lipinski definition) is 5. The number of amides is 2. The van der Waals surface area contributed by atoms with E-state index in [0.29, 0.717) is 12.4 Å². The second-order valence-electron chi connectivity index (χ2n) is 5.18. The molecule has 1 aliphatic carbocycles. The quantitative estimate of drug-likeness (QED) is 0.791. The van der Waals surface area contributed by atoms with Crippen LogP contribution in [0.5, 0.6) is 0 Å². The van der Waals surface area contributed by atoms with Gasteiger partial charge in [0.05, 0.1) is 18.2 Å². The van der Waals surface area contributed by atoms with Gasteiger partial charge in [0.15, 0.2) is 5.82 Å². The molecule has 4 atom stereocenters. The highest BCUT2D eigenvalue weighted by Crippen LogP contribution is 2.26. The molecular formula is C13H23N5O3. The number of aromatic nitrogens is 3. The van der Waals surface area contributed by atoms with Crippen molar-refractivity contribution in [3.63, 3.8) is 0 Å². The Bertz CT molecular complexity index is 478. The lowest BCUT2D eigenvalue weighted by Gasteiger charge is -2.43. The number of methoxy groups -OCH3 is 1. The van der Waals surface area contributed by atoms with E-state index in [1.54, 1.807) is 18.0 Å². The summed E-state index contributed by atoms with van der Waals surface area (Å²) in [4.78, 5) is 12.0. The minimum Gasteiger partial charge on any atom is -0.377 e. The van der Waals surface area contributed by atoms with E-state index < -0.39 is 0 Å². The zero-order valence-electron chi connectivity index (χ0n) is 12.9. The van der Waals surface area contributed by atoms with Gasteiger partial charge in [0.25, 0.3) is 0 Å². The molecule has 4 unspecified atom stereocenters. The van der Waals surface area contributed by atoms with Crippen LogP contribution in [0.3, 0.4) is 0 Å². The highest BCUT2D eigenvalue weighted by molar-refractivity contribution is 5.74. The molecule has 1 aromatic rings. The van der Waals surface area contributed by atoms with E-state index in [2.05, 4.69) is 20.8 Å². The highest BCUT2D eigenvalue weighted by atomic mass is 16.5. The van der Waals surface area contributed by atoms with Crippen molar-refractivity contribution in [3.8, 4) is 0 Å². The lowest BCUT2D eigenvalue weighted by molar-refractivity contribution is -0.128. The molecule has 21 heavy (non-hydrogen) atoms. The zero-order chi connectivity index (χ0) is 15.4. The lowest BCUT2D eigenvalue weighted by Crippen LogP contribution is -2.62. The summed E-state index contributed by atoms with van der Waals surface area (Å²) in [7, 11) is 3.47. The Hall–Kier alpha value is -1.67. The van der Waals surface area contributed by atoms with E-state index in [-0.39, 0.29) is 30.3 Å². The van der Waals surface area contributed by atoms with Gasteiger partial charge in [-0.25, -0.2) is 4.79 Å². The van der Waals surface area contributed by atoms with E-state index in [9.17, 15) is 4.79 Å². The van der Waals surface area contributed by atoms with E-state index in [4.69, 9.17) is 9.47 Å². The monoisotopic (exact) mass is 297 g/mol. The van der Waals surface area contributed by atoms with Crippen LogP contribution in [0.4, 0.5) is 4.79 Å². The van der Waals surface area contributed by atoms with Crippen molar-refractivity contribution in [3.05, 3.63) is 12.2 Å². The van der Waals surface area contributed by atoms with Crippen LogP contribution >= 0.6 is 0 Å². The molecule has 0 bridgehead atoms. The Kier molecular flexibility index (Phi) is 5.13. The molecule has 118 valence electrons. The number of hydrogen-bond donors (Lipinski definition) is 2. The third kappa shape index (κ3) is 3.51. The first-order valence-electron chi connectivity index (χ1n) is 7.12. The van der Waals surface area contributed by atoms with Crippen molar-refractivity contribution in [2.45, 2.75) is 44.6 Å². The van der Waals surface area contributed by atoms with Crippen molar-refractivity contribution in [1.29, 1.82) is 0 Å². The average Bonchev–Trinajstić information content (AvgIpc) is 2.84. The van der Waals surface area contributed by atoms with Crippen molar-refractivity contribution in [2.24, 2.45) is 7.05 Å². The van der Waals surface area contributed by atoms with Crippen molar-refractivity contribution in [1.82, 2.24) is 25.4 Å². The summed E-state index contributed by atoms with van der Waals surface area (Å²) < 4.78 is 12.7. The smallest absolute Gasteiger partial charge is 0.315 e. The largest absolute Gasteiger partial charge is 0.377 e. The second kappa shape index (κ2) is 6.86. The van der Waals surface area contributed by atoms with Crippen molar-refractivity contribution < 1.29 is 14.3 Å². The molecular weight excluding hydrogens is 274 g/mol. The van der Waals surface area contributed by atoms with E-state index in [1.165, 1.54) is 0 Å². The van der Waals surface area contributed by atoms with Gasteiger partial charge in [0.1, 0.15) is 12.4 Å². The summed E-state index contributed by atoms with van der Waals surface area (Å²) in [6.07, 6.45) is 2.32. The first kappa shape index (κ1) is 15.7. The molecule has 8 nitrogen and oxygen atoms in total. The molecule has 8 heteroatoms. The Morgan fingerprint density at radius 3 is 2.95 bits per heavy atom. The molecule has 0 radical (unpaired) electrons. The average molecular weight is 297 g/mol. The molecule has 2 rings (SSSR count). The van der Waals surface area contributed by atoms with E-state index in [0.717, 1.165) is 6.42 Å². The van der Waals surface area contributed by atoms with Crippen LogP contribution in [0.15, 0.2) is 6.33 Å². The Morgan fingerprint density at radius 2 is 2.38 bits per heavy atom. The van der Waals surface area contributed by atoms with Crippen LogP contribution in [0.25, 0.3) is 0 Å². The second-order valence-corrected chi connectivity index (χ2v) is 5.18. The SMILES string of the molecule is CCOC1CC(NC(=O)NC(C)c2nncn2C)C1OC. The molecule has 2 N–H and O–H groups in total. The maximum atomic E-state index is 12.0. The molecule has 0 aliphatic heterocycles. The molecule has 1 fully saturated rings. The molecule has 1 heterocycles. The molecule has 1 saturated carbocycles. The van der Waals surface area contributed by atoms with Gasteiger partial charge < -0.3 is 24.7 Å². The molecule has 0 spiro atoms. The number of nitrogens with one attached hydrogen (secondary N) is 2. The normalized spacial score (nSPS) is 26.0. The van der Waals surface area contributed by atoms with Gasteiger partial charge in [0, 0.05) is 20.8 Å². The topological polar surface area (TPSA) is 90.3 Å². The maximum Gasteiger partial charge on any atom is 0.315 e. The fraction of sp³-hybridized carbons (Fsp3) is 0.769. The summed E-state index contributed by atoms with van der Waals surface area (Å²) in [6, 6.07) is -0.494. The highest BCUT2D eigenvalue weighted by Gasteiger charge is 2.43. The molecule has 0 saturated heterocycles. The van der Waals surface area contributed by atoms with Gasteiger partial charge in [0.2, 0.25) is 0 Å². The Labute approximate surface area is 124 Å². The summed E-state index contributed by atoms with van der Waals surface area (Å²) >= 11 is 0. The predicted molar refractivity (Wildman–Crippen MR) is 75.7 cm³/mol. The Morgan fingerprint density at radius 1 is 1.62 bits per heavy atom. The van der Waals surface area contributed by atoms with Crippen molar-refractivity contribution >= 4 is 6.03 Å². The van der Waals surface area contributed by atoms with Gasteiger partial charge in [-0.3, -0.25) is 0 Å². The summed E-state index contributed by atoms with van der Waals surface area (Å²) in [5, 5.41) is 13.5.